The number of nitrogens with one attached hydrogen (secondary N) is 1. The Hall–Kier alpha value is -2.80. The van der Waals surface area contributed by atoms with E-state index in [0.29, 0.717) is 11.9 Å². The Morgan fingerprint density at radius 2 is 1.68 bits per heavy atom. The molecule has 25 heavy (non-hydrogen) atoms. The molecule has 0 bridgehead atoms. The zero-order valence-electron chi connectivity index (χ0n) is 14.5. The molecule has 0 amide bonds. The number of fused-ring (bicyclic) bond motifs is 1. The van der Waals surface area contributed by atoms with Crippen molar-refractivity contribution in [2.45, 2.75) is 27.7 Å². The number of aryl methyl sites for hydroxylation is 4. The number of hydrogen-bond donors (Lipinski definition) is 1. The summed E-state index contributed by atoms with van der Waals surface area (Å²) in [6, 6.07) is 8.36. The molecule has 0 aliphatic rings. The quantitative estimate of drug-likeness (QED) is 0.599. The van der Waals surface area contributed by atoms with Crippen LogP contribution in [0.4, 0.5) is 11.9 Å². The van der Waals surface area contributed by atoms with Gasteiger partial charge in [0.15, 0.2) is 0 Å². The number of anilines is 2. The van der Waals surface area contributed by atoms with Crippen LogP contribution in [0.2, 0.25) is 0 Å². The number of nitrogens with zero attached hydrogens (tertiary/aromatic N) is 5. The summed E-state index contributed by atoms with van der Waals surface area (Å²) < 4.78 is 1.87. The molecule has 0 saturated heterocycles. The molecule has 0 saturated carbocycles. The molecule has 126 valence electrons. The van der Waals surface area contributed by atoms with Gasteiger partial charge in [-0.15, -0.1) is 16.4 Å². The lowest BCUT2D eigenvalue weighted by atomic mass is 10.0. The maximum Gasteiger partial charge on any atom is 0.250 e. The summed E-state index contributed by atoms with van der Waals surface area (Å²) in [5.41, 5.74) is 6.50. The van der Waals surface area contributed by atoms with Crippen molar-refractivity contribution in [1.82, 2.24) is 24.6 Å². The summed E-state index contributed by atoms with van der Waals surface area (Å²) in [5, 5.41) is 9.78. The average molecular weight is 350 g/mol. The van der Waals surface area contributed by atoms with Gasteiger partial charge in [-0.25, -0.2) is 14.5 Å². The van der Waals surface area contributed by atoms with Gasteiger partial charge in [-0.1, -0.05) is 23.8 Å². The van der Waals surface area contributed by atoms with Crippen molar-refractivity contribution in [2.24, 2.45) is 0 Å². The van der Waals surface area contributed by atoms with Crippen LogP contribution in [-0.4, -0.2) is 24.6 Å². The molecule has 7 heteroatoms. The Kier molecular flexibility index (Phi) is 3.73. The van der Waals surface area contributed by atoms with E-state index < -0.39 is 0 Å². The fourth-order valence-electron chi connectivity index (χ4n) is 2.90. The van der Waals surface area contributed by atoms with E-state index >= 15 is 0 Å². The molecule has 4 aromatic rings. The summed E-state index contributed by atoms with van der Waals surface area (Å²) in [6.07, 6.45) is 0. The largest absolute Gasteiger partial charge is 0.291 e. The minimum atomic E-state index is 0.503. The minimum absolute atomic E-state index is 0.503. The van der Waals surface area contributed by atoms with Crippen molar-refractivity contribution < 1.29 is 0 Å². The first-order chi connectivity index (χ1) is 12.0. The molecule has 0 atom stereocenters. The predicted octanol–water partition coefficient (Wildman–Crippen LogP) is 4.23. The summed E-state index contributed by atoms with van der Waals surface area (Å²) in [4.78, 5) is 14.1. The molecular weight excluding hydrogens is 332 g/mol. The molecule has 3 aromatic heterocycles. The van der Waals surface area contributed by atoms with Crippen molar-refractivity contribution in [2.75, 3.05) is 5.32 Å². The molecule has 0 radical (unpaired) electrons. The number of aromatic nitrogens is 5. The number of rotatable bonds is 3. The lowest BCUT2D eigenvalue weighted by Gasteiger charge is -2.05. The maximum atomic E-state index is 4.59. The second-order valence-electron chi connectivity index (χ2n) is 6.17. The van der Waals surface area contributed by atoms with E-state index in [-0.39, 0.29) is 0 Å². The fourth-order valence-corrected chi connectivity index (χ4v) is 3.72. The highest BCUT2D eigenvalue weighted by molar-refractivity contribution is 7.15. The third-order valence-corrected chi connectivity index (χ3v) is 4.76. The van der Waals surface area contributed by atoms with E-state index in [4.69, 9.17) is 0 Å². The Morgan fingerprint density at radius 3 is 2.40 bits per heavy atom. The fraction of sp³-hybridized carbons (Fsp3) is 0.222. The zero-order chi connectivity index (χ0) is 17.6. The lowest BCUT2D eigenvalue weighted by Crippen LogP contribution is -2.01. The van der Waals surface area contributed by atoms with Crippen LogP contribution in [0.15, 0.2) is 29.6 Å². The van der Waals surface area contributed by atoms with Crippen molar-refractivity contribution in [1.29, 1.82) is 0 Å². The first kappa shape index (κ1) is 15.7. The minimum Gasteiger partial charge on any atom is -0.291 e. The van der Waals surface area contributed by atoms with E-state index in [0.717, 1.165) is 27.6 Å². The molecular formula is C18H18N6S. The van der Waals surface area contributed by atoms with Crippen LogP contribution in [0.1, 0.15) is 22.5 Å². The van der Waals surface area contributed by atoms with Crippen LogP contribution >= 0.6 is 11.3 Å². The van der Waals surface area contributed by atoms with Crippen molar-refractivity contribution in [3.63, 3.8) is 0 Å². The third kappa shape index (κ3) is 2.98. The van der Waals surface area contributed by atoms with E-state index in [1.165, 1.54) is 11.1 Å². The summed E-state index contributed by atoms with van der Waals surface area (Å²) in [5.74, 6) is 1.02. The first-order valence-electron chi connectivity index (χ1n) is 8.01. The molecule has 0 aliphatic carbocycles. The van der Waals surface area contributed by atoms with Gasteiger partial charge in [-0.05, 0) is 39.3 Å². The highest BCUT2D eigenvalue weighted by Gasteiger charge is 2.14. The lowest BCUT2D eigenvalue weighted by molar-refractivity contribution is 0.977. The van der Waals surface area contributed by atoms with Gasteiger partial charge in [0.25, 0.3) is 5.95 Å². The van der Waals surface area contributed by atoms with Gasteiger partial charge in [0.2, 0.25) is 10.9 Å². The van der Waals surface area contributed by atoms with Gasteiger partial charge in [0.05, 0.1) is 5.69 Å². The Bertz CT molecular complexity index is 1060. The third-order valence-electron chi connectivity index (χ3n) is 3.95. The van der Waals surface area contributed by atoms with Gasteiger partial charge in [-0.2, -0.15) is 4.98 Å². The Morgan fingerprint density at radius 1 is 0.920 bits per heavy atom. The highest BCUT2D eigenvalue weighted by Crippen LogP contribution is 2.29. The molecule has 0 aliphatic heterocycles. The zero-order valence-corrected chi connectivity index (χ0v) is 15.3. The average Bonchev–Trinajstić information content (AvgIpc) is 3.06. The molecule has 6 nitrogen and oxygen atoms in total. The predicted molar refractivity (Wildman–Crippen MR) is 101 cm³/mol. The molecule has 0 spiro atoms. The van der Waals surface area contributed by atoms with Gasteiger partial charge >= 0.3 is 0 Å². The SMILES string of the molecule is Cc1ccc(-c2csc3nc(Nc4nc(C)cc(C)n4)nn23)c(C)c1. The van der Waals surface area contributed by atoms with Crippen molar-refractivity contribution in [3.05, 3.63) is 52.2 Å². The Labute approximate surface area is 149 Å². The number of benzene rings is 1. The first-order valence-corrected chi connectivity index (χ1v) is 8.89. The van der Waals surface area contributed by atoms with E-state index in [9.17, 15) is 0 Å². The molecule has 1 N–H and O–H groups in total. The topological polar surface area (TPSA) is 68.0 Å². The second kappa shape index (κ2) is 5.93. The second-order valence-corrected chi connectivity index (χ2v) is 7.00. The molecule has 4 rings (SSSR count). The van der Waals surface area contributed by atoms with Crippen molar-refractivity contribution >= 4 is 28.2 Å². The van der Waals surface area contributed by atoms with Crippen LogP contribution in [-0.2, 0) is 0 Å². The highest BCUT2D eigenvalue weighted by atomic mass is 32.1. The Balaban J connectivity index is 1.73. The normalized spacial score (nSPS) is 11.2. The molecule has 0 unspecified atom stereocenters. The van der Waals surface area contributed by atoms with Crippen LogP contribution in [0, 0.1) is 27.7 Å². The van der Waals surface area contributed by atoms with Gasteiger partial charge < -0.3 is 0 Å². The molecule has 3 heterocycles. The standard InChI is InChI=1S/C18H18N6S/c1-10-5-6-14(11(2)7-10)15-9-25-18-22-17(23-24(15)18)21-16-19-12(3)8-13(4)20-16/h5-9H,1-4H3,(H,19,20,21,23). The van der Waals surface area contributed by atoms with E-state index in [1.54, 1.807) is 11.3 Å². The summed E-state index contributed by atoms with van der Waals surface area (Å²) in [7, 11) is 0. The number of hydrogen-bond acceptors (Lipinski definition) is 6. The van der Waals surface area contributed by atoms with Crippen molar-refractivity contribution in [3.8, 4) is 11.3 Å². The van der Waals surface area contributed by atoms with E-state index in [1.807, 2.05) is 24.4 Å². The summed E-state index contributed by atoms with van der Waals surface area (Å²) >= 11 is 1.57. The van der Waals surface area contributed by atoms with E-state index in [2.05, 4.69) is 62.8 Å². The van der Waals surface area contributed by atoms with Gasteiger partial charge in [0, 0.05) is 22.3 Å². The number of thiazole rings is 1. The van der Waals surface area contributed by atoms with Crippen LogP contribution in [0.5, 0.6) is 0 Å². The van der Waals surface area contributed by atoms with Crippen LogP contribution in [0.25, 0.3) is 16.2 Å². The van der Waals surface area contributed by atoms with Crippen LogP contribution in [0.3, 0.4) is 0 Å². The van der Waals surface area contributed by atoms with Gasteiger partial charge in [0.1, 0.15) is 0 Å². The van der Waals surface area contributed by atoms with Gasteiger partial charge in [-0.3, -0.25) is 5.32 Å². The van der Waals surface area contributed by atoms with Crippen LogP contribution < -0.4 is 5.32 Å². The molecule has 0 fully saturated rings. The smallest absolute Gasteiger partial charge is 0.250 e. The molecule has 1 aromatic carbocycles. The monoisotopic (exact) mass is 350 g/mol. The summed E-state index contributed by atoms with van der Waals surface area (Å²) in [6.45, 7) is 8.10. The maximum absolute atomic E-state index is 4.59.